The minimum atomic E-state index is -1.29. The Kier molecular flexibility index (Phi) is 9.63. The number of rotatable bonds is 3. The third-order valence-corrected chi connectivity index (χ3v) is 8.28. The average Bonchev–Trinajstić information content (AvgIpc) is 3.30. The normalized spacial score (nSPS) is 34.2. The summed E-state index contributed by atoms with van der Waals surface area (Å²) < 4.78 is 18.6. The van der Waals surface area contributed by atoms with Crippen LogP contribution in [0.4, 0.5) is 4.79 Å². The Morgan fingerprint density at radius 3 is 2.68 bits per heavy atom. The van der Waals surface area contributed by atoms with Crippen molar-refractivity contribution in [3.8, 4) is 0 Å². The summed E-state index contributed by atoms with van der Waals surface area (Å²) in [5, 5.41) is -0.334. The number of esters is 1. The molecule has 7 nitrogen and oxygen atoms in total. The number of allylic oxidation sites excluding steroid dienone is 5. The predicted octanol–water partition coefficient (Wildman–Crippen LogP) is 6.07. The van der Waals surface area contributed by atoms with Crippen molar-refractivity contribution in [3.63, 3.8) is 0 Å². The molecule has 2 bridgehead atoms. The average molecular weight is 540 g/mol. The van der Waals surface area contributed by atoms with E-state index < -0.39 is 23.9 Å². The van der Waals surface area contributed by atoms with Gasteiger partial charge in [-0.3, -0.25) is 14.5 Å². The zero-order chi connectivity index (χ0) is 27.1. The van der Waals surface area contributed by atoms with Gasteiger partial charge in [-0.25, -0.2) is 4.79 Å². The second-order valence-electron chi connectivity index (χ2n) is 10.3. The van der Waals surface area contributed by atoms with E-state index in [1.165, 1.54) is 12.0 Å². The predicted molar refractivity (Wildman–Crippen MR) is 148 cm³/mol. The molecule has 2 fully saturated rings. The van der Waals surface area contributed by atoms with Crippen LogP contribution >= 0.6 is 11.8 Å². The summed E-state index contributed by atoms with van der Waals surface area (Å²) in [6.45, 7) is 4.09. The van der Waals surface area contributed by atoms with Gasteiger partial charge in [0.15, 0.2) is 5.79 Å². The molecule has 38 heavy (non-hydrogen) atoms. The van der Waals surface area contributed by atoms with E-state index in [4.69, 9.17) is 14.2 Å². The summed E-state index contributed by atoms with van der Waals surface area (Å²) in [5.41, 5.74) is 1.37. The Labute approximate surface area is 229 Å². The number of imide groups is 1. The first-order valence-corrected chi connectivity index (χ1v) is 14.3. The van der Waals surface area contributed by atoms with Crippen LogP contribution in [0.1, 0.15) is 62.7 Å². The first-order chi connectivity index (χ1) is 18.3. The fourth-order valence-electron chi connectivity index (χ4n) is 5.27. The minimum Gasteiger partial charge on any atom is -0.459 e. The largest absolute Gasteiger partial charge is 0.459 e. The Morgan fingerprint density at radius 1 is 1.13 bits per heavy atom. The number of thioether (sulfide) groups is 1. The van der Waals surface area contributed by atoms with Crippen molar-refractivity contribution >= 4 is 28.9 Å². The molecule has 1 aromatic carbocycles. The Bertz CT molecular complexity index is 1100. The van der Waals surface area contributed by atoms with Gasteiger partial charge >= 0.3 is 5.97 Å². The summed E-state index contributed by atoms with van der Waals surface area (Å²) in [7, 11) is 1.54. The summed E-state index contributed by atoms with van der Waals surface area (Å²) in [4.78, 5) is 40.5. The van der Waals surface area contributed by atoms with Crippen LogP contribution in [-0.4, -0.2) is 58.9 Å². The van der Waals surface area contributed by atoms with Gasteiger partial charge in [-0.15, -0.1) is 0 Å². The molecule has 0 unspecified atom stereocenters. The fourth-order valence-corrected chi connectivity index (χ4v) is 6.32. The van der Waals surface area contributed by atoms with Crippen LogP contribution in [0.3, 0.4) is 0 Å². The number of nitrogens with zero attached hydrogens (tertiary/aromatic N) is 1. The van der Waals surface area contributed by atoms with Crippen molar-refractivity contribution in [1.29, 1.82) is 0 Å². The highest BCUT2D eigenvalue weighted by atomic mass is 32.2. The second kappa shape index (κ2) is 12.9. The van der Waals surface area contributed by atoms with Gasteiger partial charge in [-0.05, 0) is 50.7 Å². The molecule has 1 aromatic rings. The highest BCUT2D eigenvalue weighted by Crippen LogP contribution is 2.43. The fraction of sp³-hybridized carbons (Fsp3) is 0.500. The third kappa shape index (κ3) is 6.84. The topological polar surface area (TPSA) is 82.1 Å². The maximum Gasteiger partial charge on any atom is 0.330 e. The van der Waals surface area contributed by atoms with Crippen LogP contribution in [0.5, 0.6) is 0 Å². The lowest BCUT2D eigenvalue weighted by Crippen LogP contribution is -2.61. The van der Waals surface area contributed by atoms with E-state index in [1.807, 2.05) is 19.1 Å². The molecule has 0 spiro atoms. The van der Waals surface area contributed by atoms with Gasteiger partial charge in [-0.2, -0.15) is 0 Å². The second-order valence-corrected chi connectivity index (χ2v) is 11.3. The Hall–Kier alpha value is -2.68. The van der Waals surface area contributed by atoms with Crippen molar-refractivity contribution in [2.45, 2.75) is 76.4 Å². The molecule has 2 saturated heterocycles. The number of carbonyl (C=O) groups is 3. The van der Waals surface area contributed by atoms with Crippen molar-refractivity contribution in [2.75, 3.05) is 12.9 Å². The zero-order valence-corrected chi connectivity index (χ0v) is 23.2. The number of carbonyl (C=O) groups excluding carboxylic acids is 3. The number of methoxy groups -OCH3 is 1. The van der Waals surface area contributed by atoms with Crippen molar-refractivity contribution < 1.29 is 28.6 Å². The van der Waals surface area contributed by atoms with Gasteiger partial charge in [0.1, 0.15) is 12.1 Å². The zero-order valence-electron chi connectivity index (χ0n) is 22.3. The Balaban J connectivity index is 1.64. The number of hydrogen-bond donors (Lipinski definition) is 0. The Morgan fingerprint density at radius 2 is 1.92 bits per heavy atom. The molecule has 5 atom stereocenters. The summed E-state index contributed by atoms with van der Waals surface area (Å²) in [5.74, 6) is -1.40. The van der Waals surface area contributed by atoms with Crippen molar-refractivity contribution in [3.05, 3.63) is 71.8 Å². The number of fused-ring (bicyclic) bond motifs is 2. The highest BCUT2D eigenvalue weighted by molar-refractivity contribution is 8.14. The van der Waals surface area contributed by atoms with E-state index in [2.05, 4.69) is 25.2 Å². The SMILES string of the molecule is CO[C@]1([C@@H]2CSC(=O)N2C(=O)c2ccccc2)C[C@H]2C[C@@H](CC[C@H](C)/C=C\C=C\CC/C(C)=C\C(=O)O2)O1. The molecule has 0 aliphatic carbocycles. The van der Waals surface area contributed by atoms with E-state index in [0.29, 0.717) is 23.7 Å². The molecule has 0 aromatic heterocycles. The molecule has 0 N–H and O–H groups in total. The number of benzene rings is 1. The van der Waals surface area contributed by atoms with Crippen LogP contribution in [0.2, 0.25) is 0 Å². The lowest BCUT2D eigenvalue weighted by atomic mass is 9.89. The van der Waals surface area contributed by atoms with E-state index >= 15 is 0 Å². The number of hydrogen-bond acceptors (Lipinski definition) is 7. The molecule has 3 heterocycles. The summed E-state index contributed by atoms with van der Waals surface area (Å²) in [6.07, 6.45) is 13.2. The lowest BCUT2D eigenvalue weighted by molar-refractivity contribution is -0.303. The third-order valence-electron chi connectivity index (χ3n) is 7.35. The first kappa shape index (κ1) is 28.3. The van der Waals surface area contributed by atoms with Gasteiger partial charge in [-0.1, -0.05) is 66.8 Å². The smallest absolute Gasteiger partial charge is 0.330 e. The molecule has 4 rings (SSSR count). The molecular formula is C30H37NO6S. The summed E-state index contributed by atoms with van der Waals surface area (Å²) >= 11 is 1.08. The molecule has 8 heteroatoms. The quantitative estimate of drug-likeness (QED) is 0.432. The van der Waals surface area contributed by atoms with Gasteiger partial charge in [0, 0.05) is 37.3 Å². The molecule has 0 radical (unpaired) electrons. The molecule has 204 valence electrons. The van der Waals surface area contributed by atoms with Crippen LogP contribution < -0.4 is 0 Å². The first-order valence-electron chi connectivity index (χ1n) is 13.3. The molecule has 3 aliphatic heterocycles. The number of ether oxygens (including phenoxy) is 3. The van der Waals surface area contributed by atoms with E-state index in [-0.39, 0.29) is 23.7 Å². The highest BCUT2D eigenvalue weighted by Gasteiger charge is 2.56. The van der Waals surface area contributed by atoms with Crippen molar-refractivity contribution in [2.24, 2.45) is 5.92 Å². The van der Waals surface area contributed by atoms with Gasteiger partial charge in [0.2, 0.25) is 0 Å². The van der Waals surface area contributed by atoms with Gasteiger partial charge in [0.25, 0.3) is 11.1 Å². The maximum absolute atomic E-state index is 13.5. The minimum absolute atomic E-state index is 0.230. The van der Waals surface area contributed by atoms with E-state index in [1.54, 1.807) is 30.3 Å². The van der Waals surface area contributed by atoms with E-state index in [0.717, 1.165) is 43.0 Å². The standard InChI is InChI=1S/C30H37NO6S/c1-21-11-7-4-5-8-12-22(2)17-27(32)36-25-18-24(16-15-21)37-30(19-25,35-3)26-20-38-29(34)31(26)28(33)23-13-9-6-10-14-23/h4-7,9-11,13-14,17,21,24-26H,8,12,15-16,18-20H2,1-3H3/b5-4+,11-7-,22-17-/t21-,24-,25-,26+,30-/m1/s1. The molecule has 3 aliphatic rings. The van der Waals surface area contributed by atoms with Gasteiger partial charge < -0.3 is 14.2 Å². The van der Waals surface area contributed by atoms with Crippen molar-refractivity contribution in [1.82, 2.24) is 4.90 Å². The molecule has 0 saturated carbocycles. The monoisotopic (exact) mass is 539 g/mol. The van der Waals surface area contributed by atoms with E-state index in [9.17, 15) is 14.4 Å². The van der Waals surface area contributed by atoms with Crippen LogP contribution in [0, 0.1) is 5.92 Å². The van der Waals surface area contributed by atoms with Crippen LogP contribution in [0.15, 0.2) is 66.3 Å². The number of amides is 2. The molecule has 2 amide bonds. The van der Waals surface area contributed by atoms with Crippen LogP contribution in [-0.2, 0) is 19.0 Å². The lowest BCUT2D eigenvalue weighted by Gasteiger charge is -2.47. The molecular weight excluding hydrogens is 502 g/mol. The van der Waals surface area contributed by atoms with Gasteiger partial charge in [0.05, 0.1) is 6.10 Å². The maximum atomic E-state index is 13.5. The summed E-state index contributed by atoms with van der Waals surface area (Å²) in [6, 6.07) is 8.09. The van der Waals surface area contributed by atoms with Crippen LogP contribution in [0.25, 0.3) is 0 Å².